The van der Waals surface area contributed by atoms with Crippen molar-refractivity contribution in [3.05, 3.63) is 22.4 Å². The summed E-state index contributed by atoms with van der Waals surface area (Å²) < 4.78 is 0. The third kappa shape index (κ3) is 2.95. The lowest BCUT2D eigenvalue weighted by atomic mass is 9.98. The Kier molecular flexibility index (Phi) is 4.02. The summed E-state index contributed by atoms with van der Waals surface area (Å²) in [5.41, 5.74) is 0. The summed E-state index contributed by atoms with van der Waals surface area (Å²) in [6.45, 7) is 6.12. The first-order chi connectivity index (χ1) is 8.84. The summed E-state index contributed by atoms with van der Waals surface area (Å²) in [4.78, 5) is 4.30. The van der Waals surface area contributed by atoms with Gasteiger partial charge < -0.3 is 5.32 Å². The van der Waals surface area contributed by atoms with Crippen molar-refractivity contribution in [2.45, 2.75) is 44.7 Å². The molecule has 1 aliphatic carbocycles. The summed E-state index contributed by atoms with van der Waals surface area (Å²) >= 11 is 1.91. The lowest BCUT2D eigenvalue weighted by Crippen LogP contribution is -2.40. The molecule has 0 radical (unpaired) electrons. The number of hydrogen-bond donors (Lipinski definition) is 1. The second-order valence-corrected chi connectivity index (χ2v) is 6.81. The number of thiophene rings is 1. The molecule has 2 atom stereocenters. The summed E-state index contributed by atoms with van der Waals surface area (Å²) in [5.74, 6) is 0.863. The Bertz CT molecular complexity index is 353. The van der Waals surface area contributed by atoms with E-state index >= 15 is 0 Å². The van der Waals surface area contributed by atoms with Crippen molar-refractivity contribution in [2.75, 3.05) is 19.6 Å². The third-order valence-corrected chi connectivity index (χ3v) is 5.38. The minimum absolute atomic E-state index is 0.611. The van der Waals surface area contributed by atoms with Gasteiger partial charge in [0.25, 0.3) is 0 Å². The fourth-order valence-corrected chi connectivity index (χ4v) is 3.90. The fourth-order valence-electron chi connectivity index (χ4n) is 3.10. The monoisotopic (exact) mass is 264 g/mol. The van der Waals surface area contributed by atoms with Crippen molar-refractivity contribution >= 4 is 11.3 Å². The number of piperidine rings is 1. The first-order valence-corrected chi connectivity index (χ1v) is 8.22. The molecular weight excluding hydrogens is 240 g/mol. The number of rotatable bonds is 5. The van der Waals surface area contributed by atoms with Gasteiger partial charge >= 0.3 is 0 Å². The van der Waals surface area contributed by atoms with Gasteiger partial charge in [0, 0.05) is 23.5 Å². The predicted octanol–water partition coefficient (Wildman–Crippen LogP) is 3.27. The van der Waals surface area contributed by atoms with Crippen molar-refractivity contribution in [2.24, 2.45) is 5.92 Å². The van der Waals surface area contributed by atoms with Crippen LogP contribution in [0.15, 0.2) is 17.5 Å². The molecule has 2 unspecified atom stereocenters. The summed E-state index contributed by atoms with van der Waals surface area (Å²) in [6, 6.07) is 5.96. The van der Waals surface area contributed by atoms with Gasteiger partial charge in [0.15, 0.2) is 0 Å². The molecule has 100 valence electrons. The molecule has 1 saturated carbocycles. The number of hydrogen-bond acceptors (Lipinski definition) is 3. The van der Waals surface area contributed by atoms with E-state index in [0.29, 0.717) is 6.04 Å². The molecule has 1 aromatic heterocycles. The van der Waals surface area contributed by atoms with Gasteiger partial charge in [-0.15, -0.1) is 11.3 Å². The van der Waals surface area contributed by atoms with Crippen LogP contribution in [0.4, 0.5) is 0 Å². The first-order valence-electron chi connectivity index (χ1n) is 7.34. The molecule has 3 heteroatoms. The van der Waals surface area contributed by atoms with Crippen LogP contribution in [0, 0.1) is 5.92 Å². The Hall–Kier alpha value is -0.380. The second-order valence-electron chi connectivity index (χ2n) is 5.83. The van der Waals surface area contributed by atoms with Gasteiger partial charge in [0.2, 0.25) is 0 Å². The average Bonchev–Trinajstić information content (AvgIpc) is 3.10. The van der Waals surface area contributed by atoms with Gasteiger partial charge in [-0.3, -0.25) is 4.90 Å². The van der Waals surface area contributed by atoms with Crippen molar-refractivity contribution < 1.29 is 0 Å². The maximum absolute atomic E-state index is 3.55. The molecule has 0 bridgehead atoms. The molecule has 3 rings (SSSR count). The highest BCUT2D eigenvalue weighted by Crippen LogP contribution is 2.36. The van der Waals surface area contributed by atoms with E-state index in [9.17, 15) is 0 Å². The van der Waals surface area contributed by atoms with Gasteiger partial charge in [0.05, 0.1) is 0 Å². The second kappa shape index (κ2) is 5.72. The molecule has 1 N–H and O–H groups in total. The SMILES string of the molecule is CC(c1cccs1)N(CC1CCCNC1)C1CC1. The van der Waals surface area contributed by atoms with Crippen LogP contribution in [-0.2, 0) is 0 Å². The summed E-state index contributed by atoms with van der Waals surface area (Å²) in [6.07, 6.45) is 5.59. The molecule has 2 fully saturated rings. The maximum atomic E-state index is 3.55. The average molecular weight is 264 g/mol. The van der Waals surface area contributed by atoms with E-state index < -0.39 is 0 Å². The lowest BCUT2D eigenvalue weighted by Gasteiger charge is -2.34. The van der Waals surface area contributed by atoms with Gasteiger partial charge in [0.1, 0.15) is 0 Å². The molecule has 0 aromatic carbocycles. The summed E-state index contributed by atoms with van der Waals surface area (Å²) in [7, 11) is 0. The van der Waals surface area contributed by atoms with Crippen molar-refractivity contribution in [1.82, 2.24) is 10.2 Å². The maximum Gasteiger partial charge on any atom is 0.0416 e. The Morgan fingerprint density at radius 1 is 1.44 bits per heavy atom. The molecule has 2 heterocycles. The van der Waals surface area contributed by atoms with E-state index in [0.717, 1.165) is 12.0 Å². The van der Waals surface area contributed by atoms with Crippen LogP contribution in [-0.4, -0.2) is 30.6 Å². The standard InChI is InChI=1S/C15H24N2S/c1-12(15-5-3-9-18-15)17(14-6-7-14)11-13-4-2-8-16-10-13/h3,5,9,12-14,16H,2,4,6-8,10-11H2,1H3. The van der Waals surface area contributed by atoms with Gasteiger partial charge in [-0.2, -0.15) is 0 Å². The Morgan fingerprint density at radius 2 is 2.33 bits per heavy atom. The largest absolute Gasteiger partial charge is 0.316 e. The normalized spacial score (nSPS) is 26.4. The Balaban J connectivity index is 1.64. The molecule has 1 saturated heterocycles. The smallest absolute Gasteiger partial charge is 0.0416 e. The highest BCUT2D eigenvalue weighted by molar-refractivity contribution is 7.10. The molecule has 1 aliphatic heterocycles. The number of nitrogens with one attached hydrogen (secondary N) is 1. The van der Waals surface area contributed by atoms with E-state index in [2.05, 4.69) is 34.7 Å². The van der Waals surface area contributed by atoms with Crippen molar-refractivity contribution in [3.63, 3.8) is 0 Å². The molecule has 1 aromatic rings. The zero-order chi connectivity index (χ0) is 12.4. The van der Waals surface area contributed by atoms with E-state index in [4.69, 9.17) is 0 Å². The molecule has 2 aliphatic rings. The van der Waals surface area contributed by atoms with Crippen LogP contribution in [0.3, 0.4) is 0 Å². The van der Waals surface area contributed by atoms with E-state index in [1.165, 1.54) is 50.2 Å². The van der Waals surface area contributed by atoms with Crippen LogP contribution in [0.2, 0.25) is 0 Å². The molecule has 2 nitrogen and oxygen atoms in total. The topological polar surface area (TPSA) is 15.3 Å². The quantitative estimate of drug-likeness (QED) is 0.878. The minimum Gasteiger partial charge on any atom is -0.316 e. The zero-order valence-corrected chi connectivity index (χ0v) is 12.1. The molecule has 18 heavy (non-hydrogen) atoms. The van der Waals surface area contributed by atoms with Crippen LogP contribution < -0.4 is 5.32 Å². The number of nitrogens with zero attached hydrogens (tertiary/aromatic N) is 1. The van der Waals surface area contributed by atoms with Gasteiger partial charge in [-0.05, 0) is 63.1 Å². The van der Waals surface area contributed by atoms with Crippen LogP contribution in [0.1, 0.15) is 43.5 Å². The van der Waals surface area contributed by atoms with Crippen LogP contribution >= 0.6 is 11.3 Å². The highest BCUT2D eigenvalue weighted by atomic mass is 32.1. The van der Waals surface area contributed by atoms with Gasteiger partial charge in [-0.1, -0.05) is 6.07 Å². The van der Waals surface area contributed by atoms with Crippen molar-refractivity contribution in [1.29, 1.82) is 0 Å². The van der Waals surface area contributed by atoms with Crippen LogP contribution in [0.25, 0.3) is 0 Å². The van der Waals surface area contributed by atoms with Gasteiger partial charge in [-0.25, -0.2) is 0 Å². The molecule has 0 amide bonds. The fraction of sp³-hybridized carbons (Fsp3) is 0.733. The van der Waals surface area contributed by atoms with E-state index in [1.807, 2.05) is 11.3 Å². The minimum atomic E-state index is 0.611. The predicted molar refractivity (Wildman–Crippen MR) is 78.1 cm³/mol. The zero-order valence-electron chi connectivity index (χ0n) is 11.3. The van der Waals surface area contributed by atoms with E-state index in [-0.39, 0.29) is 0 Å². The Morgan fingerprint density at radius 3 is 2.94 bits per heavy atom. The Labute approximate surface area is 114 Å². The highest BCUT2D eigenvalue weighted by Gasteiger charge is 2.34. The van der Waals surface area contributed by atoms with Crippen LogP contribution in [0.5, 0.6) is 0 Å². The van der Waals surface area contributed by atoms with Crippen molar-refractivity contribution in [3.8, 4) is 0 Å². The third-order valence-electron chi connectivity index (χ3n) is 4.34. The lowest BCUT2D eigenvalue weighted by molar-refractivity contribution is 0.156. The first kappa shape index (κ1) is 12.6. The van der Waals surface area contributed by atoms with E-state index in [1.54, 1.807) is 0 Å². The molecular formula is C15H24N2S. The summed E-state index contributed by atoms with van der Waals surface area (Å²) in [5, 5.41) is 5.76. The molecule has 0 spiro atoms.